The fourth-order valence-corrected chi connectivity index (χ4v) is 5.58. The van der Waals surface area contributed by atoms with E-state index in [1.807, 2.05) is 38.1 Å². The largest absolute Gasteiger partial charge is 0.352 e. The standard InChI is InChI=1S/C22H28N6O2S/c29-19(23-16-8-2-1-3-9-16)14-27-17-10-4-5-11-18(17)28-21(27)24-25-22(28)31-15-20(30)26-12-6-7-13-26/h4-5,10-11,16H,1-3,6-9,12-15H2,(H,23,29). The minimum atomic E-state index is 0.0107. The van der Waals surface area contributed by atoms with Crippen molar-refractivity contribution in [2.75, 3.05) is 18.8 Å². The molecule has 1 aliphatic heterocycles. The third-order valence-electron chi connectivity index (χ3n) is 6.33. The lowest BCUT2D eigenvalue weighted by molar-refractivity contribution is -0.127. The van der Waals surface area contributed by atoms with E-state index < -0.39 is 0 Å². The summed E-state index contributed by atoms with van der Waals surface area (Å²) in [7, 11) is 0. The first-order valence-corrected chi connectivity index (χ1v) is 12.2. The number of imidazole rings is 1. The van der Waals surface area contributed by atoms with Crippen LogP contribution in [0, 0.1) is 0 Å². The zero-order valence-corrected chi connectivity index (χ0v) is 18.4. The van der Waals surface area contributed by atoms with Crippen LogP contribution in [0.25, 0.3) is 16.8 Å². The van der Waals surface area contributed by atoms with Crippen LogP contribution in [0.1, 0.15) is 44.9 Å². The Hall–Kier alpha value is -2.55. The molecule has 0 bridgehead atoms. The monoisotopic (exact) mass is 440 g/mol. The lowest BCUT2D eigenvalue weighted by Crippen LogP contribution is -2.38. The summed E-state index contributed by atoms with van der Waals surface area (Å²) < 4.78 is 3.89. The molecule has 8 nitrogen and oxygen atoms in total. The van der Waals surface area contributed by atoms with Gasteiger partial charge in [-0.25, -0.2) is 0 Å². The number of carbonyl (C=O) groups is 2. The SMILES string of the molecule is O=C(Cn1c2ccccc2n2c(SCC(=O)N3CCCC3)nnc12)NC1CCCCC1. The Morgan fingerprint density at radius 2 is 1.74 bits per heavy atom. The van der Waals surface area contributed by atoms with Crippen LogP contribution < -0.4 is 5.32 Å². The Morgan fingerprint density at radius 1 is 1.00 bits per heavy atom. The minimum Gasteiger partial charge on any atom is -0.352 e. The lowest BCUT2D eigenvalue weighted by Gasteiger charge is -2.22. The van der Waals surface area contributed by atoms with Gasteiger partial charge in [0.2, 0.25) is 17.6 Å². The first-order chi connectivity index (χ1) is 15.2. The van der Waals surface area contributed by atoms with Gasteiger partial charge in [0.1, 0.15) is 6.54 Å². The van der Waals surface area contributed by atoms with Gasteiger partial charge in [-0.05, 0) is 37.8 Å². The van der Waals surface area contributed by atoms with Gasteiger partial charge >= 0.3 is 0 Å². The van der Waals surface area contributed by atoms with Crippen molar-refractivity contribution in [1.29, 1.82) is 0 Å². The normalized spacial score (nSPS) is 17.6. The summed E-state index contributed by atoms with van der Waals surface area (Å²) in [5.74, 6) is 1.14. The second-order valence-electron chi connectivity index (χ2n) is 8.47. The molecule has 1 saturated carbocycles. The molecule has 1 aromatic carbocycles. The molecule has 1 N–H and O–H groups in total. The predicted octanol–water partition coefficient (Wildman–Crippen LogP) is 2.85. The van der Waals surface area contributed by atoms with Crippen LogP contribution in [-0.2, 0) is 16.1 Å². The van der Waals surface area contributed by atoms with Gasteiger partial charge < -0.3 is 10.2 Å². The third kappa shape index (κ3) is 4.15. The minimum absolute atomic E-state index is 0.0107. The maximum Gasteiger partial charge on any atom is 0.240 e. The molecule has 3 heterocycles. The molecule has 1 aliphatic carbocycles. The summed E-state index contributed by atoms with van der Waals surface area (Å²) in [5.41, 5.74) is 1.89. The Balaban J connectivity index is 1.38. The number of aromatic nitrogens is 4. The summed E-state index contributed by atoms with van der Waals surface area (Å²) in [6.45, 7) is 1.91. The summed E-state index contributed by atoms with van der Waals surface area (Å²) in [5, 5.41) is 12.6. The number of hydrogen-bond acceptors (Lipinski definition) is 5. The molecule has 31 heavy (non-hydrogen) atoms. The van der Waals surface area contributed by atoms with Crippen LogP contribution in [0.15, 0.2) is 29.4 Å². The van der Waals surface area contributed by atoms with E-state index >= 15 is 0 Å². The topological polar surface area (TPSA) is 84.5 Å². The number of rotatable bonds is 6. The van der Waals surface area contributed by atoms with Crippen LogP contribution in [-0.4, -0.2) is 60.8 Å². The summed E-state index contributed by atoms with van der Waals surface area (Å²) in [4.78, 5) is 27.2. The molecule has 0 radical (unpaired) electrons. The Bertz CT molecular complexity index is 1090. The van der Waals surface area contributed by atoms with Gasteiger partial charge in [0.25, 0.3) is 0 Å². The van der Waals surface area contributed by atoms with Crippen molar-refractivity contribution in [3.8, 4) is 0 Å². The van der Waals surface area contributed by atoms with Crippen molar-refractivity contribution in [2.45, 2.75) is 62.7 Å². The highest BCUT2D eigenvalue weighted by Gasteiger charge is 2.23. The van der Waals surface area contributed by atoms with Gasteiger partial charge in [0, 0.05) is 19.1 Å². The first-order valence-electron chi connectivity index (χ1n) is 11.2. The smallest absolute Gasteiger partial charge is 0.240 e. The van der Waals surface area contributed by atoms with Gasteiger partial charge in [-0.2, -0.15) is 0 Å². The number of amides is 2. The van der Waals surface area contributed by atoms with E-state index in [9.17, 15) is 9.59 Å². The molecule has 0 unspecified atom stereocenters. The predicted molar refractivity (Wildman–Crippen MR) is 120 cm³/mol. The molecule has 0 spiro atoms. The highest BCUT2D eigenvalue weighted by molar-refractivity contribution is 7.99. The van der Waals surface area contributed by atoms with Crippen molar-refractivity contribution < 1.29 is 9.59 Å². The van der Waals surface area contributed by atoms with Gasteiger partial charge in [-0.3, -0.25) is 18.6 Å². The molecule has 2 aliphatic rings. The van der Waals surface area contributed by atoms with E-state index in [-0.39, 0.29) is 24.4 Å². The average Bonchev–Trinajstić information content (AvgIpc) is 3.52. The summed E-state index contributed by atoms with van der Waals surface area (Å²) in [6, 6.07) is 8.22. The quantitative estimate of drug-likeness (QED) is 0.596. The number of nitrogens with zero attached hydrogens (tertiary/aromatic N) is 5. The molecule has 164 valence electrons. The number of carbonyl (C=O) groups excluding carboxylic acids is 2. The Labute approximate surface area is 185 Å². The average molecular weight is 441 g/mol. The van der Waals surface area contributed by atoms with Gasteiger partial charge in [0.05, 0.1) is 16.8 Å². The van der Waals surface area contributed by atoms with E-state index in [0.29, 0.717) is 16.7 Å². The van der Waals surface area contributed by atoms with Crippen LogP contribution in [0.5, 0.6) is 0 Å². The van der Waals surface area contributed by atoms with E-state index in [1.54, 1.807) is 0 Å². The van der Waals surface area contributed by atoms with Crippen LogP contribution in [0.4, 0.5) is 0 Å². The molecule has 2 aromatic heterocycles. The zero-order chi connectivity index (χ0) is 21.2. The second-order valence-corrected chi connectivity index (χ2v) is 9.41. The summed E-state index contributed by atoms with van der Waals surface area (Å²) in [6.07, 6.45) is 7.92. The fraction of sp³-hybridized carbons (Fsp3) is 0.545. The highest BCUT2D eigenvalue weighted by atomic mass is 32.2. The van der Waals surface area contributed by atoms with E-state index in [4.69, 9.17) is 0 Å². The van der Waals surface area contributed by atoms with E-state index in [1.165, 1.54) is 31.0 Å². The van der Waals surface area contributed by atoms with Gasteiger partial charge in [0.15, 0.2) is 5.16 Å². The van der Waals surface area contributed by atoms with Crippen molar-refractivity contribution >= 4 is 40.4 Å². The van der Waals surface area contributed by atoms with Crippen molar-refractivity contribution in [2.24, 2.45) is 0 Å². The Morgan fingerprint density at radius 3 is 2.52 bits per heavy atom. The van der Waals surface area contributed by atoms with E-state index in [0.717, 1.165) is 49.8 Å². The maximum atomic E-state index is 12.8. The van der Waals surface area contributed by atoms with Crippen LogP contribution in [0.2, 0.25) is 0 Å². The van der Waals surface area contributed by atoms with E-state index in [2.05, 4.69) is 15.5 Å². The molecule has 1 saturated heterocycles. The van der Waals surface area contributed by atoms with Gasteiger partial charge in [-0.1, -0.05) is 43.2 Å². The van der Waals surface area contributed by atoms with Gasteiger partial charge in [-0.15, -0.1) is 10.2 Å². The number of hydrogen-bond donors (Lipinski definition) is 1. The highest BCUT2D eigenvalue weighted by Crippen LogP contribution is 2.26. The van der Waals surface area contributed by atoms with Crippen molar-refractivity contribution in [1.82, 2.24) is 29.4 Å². The molecule has 2 amide bonds. The number of nitrogens with one attached hydrogen (secondary N) is 1. The Kier molecular flexibility index (Phi) is 5.85. The van der Waals surface area contributed by atoms with Crippen LogP contribution >= 0.6 is 11.8 Å². The second kappa shape index (κ2) is 8.90. The summed E-state index contributed by atoms with van der Waals surface area (Å²) >= 11 is 1.41. The van der Waals surface area contributed by atoms with Crippen molar-refractivity contribution in [3.05, 3.63) is 24.3 Å². The third-order valence-corrected chi connectivity index (χ3v) is 7.24. The lowest BCUT2D eigenvalue weighted by atomic mass is 9.95. The molecule has 3 aromatic rings. The van der Waals surface area contributed by atoms with Crippen molar-refractivity contribution in [3.63, 3.8) is 0 Å². The number of para-hydroxylation sites is 2. The molecule has 0 atom stereocenters. The number of fused-ring (bicyclic) bond motifs is 3. The van der Waals surface area contributed by atoms with Crippen LogP contribution in [0.3, 0.4) is 0 Å². The maximum absolute atomic E-state index is 12.8. The molecule has 5 rings (SSSR count). The molecular weight excluding hydrogens is 412 g/mol. The fourth-order valence-electron chi connectivity index (χ4n) is 4.73. The molecular formula is C22H28N6O2S. The first kappa shape index (κ1) is 20.4. The number of likely N-dealkylation sites (tertiary alicyclic amines) is 1. The molecule has 2 fully saturated rings. The number of thioether (sulfide) groups is 1. The number of benzene rings is 1. The zero-order valence-electron chi connectivity index (χ0n) is 17.6. The molecule has 9 heteroatoms.